The Balaban J connectivity index is 0.875. The van der Waals surface area contributed by atoms with Gasteiger partial charge in [0, 0.05) is 35.8 Å². The lowest BCUT2D eigenvalue weighted by atomic mass is 10.1. The van der Waals surface area contributed by atoms with Gasteiger partial charge in [-0.05, 0) is 67.1 Å². The molecule has 0 radical (unpaired) electrons. The Bertz CT molecular complexity index is 2720. The van der Waals surface area contributed by atoms with E-state index in [4.69, 9.17) is 19.7 Å². The van der Waals surface area contributed by atoms with Gasteiger partial charge in [-0.15, -0.1) is 0 Å². The molecule has 0 aliphatic carbocycles. The number of aromatic nitrogens is 6. The van der Waals surface area contributed by atoms with E-state index in [1.165, 1.54) is 7.11 Å². The number of amides is 4. The van der Waals surface area contributed by atoms with Crippen LogP contribution in [-0.2, 0) is 19.1 Å². The maximum Gasteiger partial charge on any atom is 0.407 e. The highest BCUT2D eigenvalue weighted by molar-refractivity contribution is 5.88. The quantitative estimate of drug-likeness (QED) is 0.0941. The first kappa shape index (κ1) is 39.8. The minimum absolute atomic E-state index is 0.164. The lowest BCUT2D eigenvalue weighted by Gasteiger charge is -2.28. The minimum Gasteiger partial charge on any atom is -0.453 e. The van der Waals surface area contributed by atoms with E-state index < -0.39 is 18.2 Å². The first-order valence-corrected chi connectivity index (χ1v) is 20.6. The number of hydrogen-bond donors (Lipinski definition) is 4. The summed E-state index contributed by atoms with van der Waals surface area (Å²) in [6, 6.07) is 30.1. The second-order valence-electron chi connectivity index (χ2n) is 15.4. The molecule has 4 aromatic heterocycles. The molecule has 2 fully saturated rings. The molecular formula is C47H44N10O5. The van der Waals surface area contributed by atoms with E-state index in [0.717, 1.165) is 70.4 Å². The molecule has 7 aromatic rings. The zero-order valence-corrected chi connectivity index (χ0v) is 33.9. The van der Waals surface area contributed by atoms with E-state index >= 15 is 0 Å². The fraction of sp³-hybridized carbons (Fsp3) is 0.234. The smallest absolute Gasteiger partial charge is 0.407 e. The van der Waals surface area contributed by atoms with Crippen molar-refractivity contribution in [2.45, 2.75) is 49.9 Å². The summed E-state index contributed by atoms with van der Waals surface area (Å²) in [5.41, 5.74) is 7.03. The number of alkyl carbamates (subject to hydrolysis) is 1. The first-order valence-electron chi connectivity index (χ1n) is 20.6. The summed E-state index contributed by atoms with van der Waals surface area (Å²) < 4.78 is 4.82. The zero-order valence-electron chi connectivity index (χ0n) is 33.9. The fourth-order valence-corrected chi connectivity index (χ4v) is 8.54. The number of H-pyrrole nitrogens is 2. The van der Waals surface area contributed by atoms with E-state index in [-0.39, 0.29) is 23.9 Å². The molecule has 15 nitrogen and oxygen atoms in total. The van der Waals surface area contributed by atoms with Crippen LogP contribution in [0.5, 0.6) is 0 Å². The molecular weight excluding hydrogens is 785 g/mol. The summed E-state index contributed by atoms with van der Waals surface area (Å²) in [6.45, 7) is 1.11. The van der Waals surface area contributed by atoms with Gasteiger partial charge in [0.15, 0.2) is 0 Å². The molecule has 9 rings (SSSR count). The number of rotatable bonds is 12. The monoisotopic (exact) mass is 828 g/mol. The second kappa shape index (κ2) is 17.5. The summed E-state index contributed by atoms with van der Waals surface area (Å²) in [5.74, 6) is 0.962. The molecule has 15 heteroatoms. The number of imidazole rings is 2. The van der Waals surface area contributed by atoms with Crippen LogP contribution >= 0.6 is 0 Å². The highest BCUT2D eigenvalue weighted by atomic mass is 16.5. The lowest BCUT2D eigenvalue weighted by Crippen LogP contribution is -2.42. The molecule has 2 aliphatic heterocycles. The van der Waals surface area contributed by atoms with Crippen molar-refractivity contribution in [2.75, 3.05) is 20.2 Å². The molecule has 3 aromatic carbocycles. The molecule has 4 N–H and O–H groups in total. The number of fused-ring (bicyclic) bond motifs is 1. The van der Waals surface area contributed by atoms with Crippen molar-refractivity contribution in [3.05, 3.63) is 144 Å². The van der Waals surface area contributed by atoms with Gasteiger partial charge in [-0.3, -0.25) is 19.4 Å². The summed E-state index contributed by atoms with van der Waals surface area (Å²) in [7, 11) is 1.27. The van der Waals surface area contributed by atoms with Crippen LogP contribution in [0.1, 0.15) is 72.6 Å². The van der Waals surface area contributed by atoms with Crippen LogP contribution in [0.15, 0.2) is 122 Å². The summed E-state index contributed by atoms with van der Waals surface area (Å²) in [4.78, 5) is 80.8. The maximum atomic E-state index is 13.9. The van der Waals surface area contributed by atoms with Crippen molar-refractivity contribution in [1.82, 2.24) is 50.3 Å². The van der Waals surface area contributed by atoms with Gasteiger partial charge in [0.05, 0.1) is 59.9 Å². The van der Waals surface area contributed by atoms with Crippen molar-refractivity contribution in [3.8, 4) is 33.9 Å². The number of aromatic amines is 2. The number of nitrogens with zero attached hydrogens (tertiary/aromatic N) is 6. The van der Waals surface area contributed by atoms with Crippen LogP contribution < -0.4 is 10.6 Å². The Morgan fingerprint density at radius 3 is 1.92 bits per heavy atom. The molecule has 4 amide bonds. The third-order valence-corrected chi connectivity index (χ3v) is 11.7. The van der Waals surface area contributed by atoms with Crippen LogP contribution in [0.4, 0.5) is 4.79 Å². The van der Waals surface area contributed by atoms with E-state index in [1.807, 2.05) is 97.1 Å². The molecule has 6 heterocycles. The normalized spacial score (nSPS) is 17.1. The predicted molar refractivity (Wildman–Crippen MR) is 231 cm³/mol. The number of carbonyl (C=O) groups excluding carboxylic acids is 4. The fourth-order valence-electron chi connectivity index (χ4n) is 8.54. The van der Waals surface area contributed by atoms with Gasteiger partial charge in [0.1, 0.15) is 23.7 Å². The Morgan fingerprint density at radius 2 is 1.29 bits per heavy atom. The average Bonchev–Trinajstić information content (AvgIpc) is 4.17. The molecule has 0 saturated carbocycles. The number of methoxy groups -OCH3 is 1. The summed E-state index contributed by atoms with van der Waals surface area (Å²) >= 11 is 0. The van der Waals surface area contributed by atoms with Crippen molar-refractivity contribution in [3.63, 3.8) is 0 Å². The Morgan fingerprint density at radius 1 is 0.694 bits per heavy atom. The summed E-state index contributed by atoms with van der Waals surface area (Å²) in [6.07, 6.45) is 8.32. The first-order chi connectivity index (χ1) is 30.4. The van der Waals surface area contributed by atoms with E-state index in [2.05, 4.69) is 31.7 Å². The van der Waals surface area contributed by atoms with Gasteiger partial charge < -0.3 is 35.1 Å². The van der Waals surface area contributed by atoms with Gasteiger partial charge in [0.25, 0.3) is 5.91 Å². The van der Waals surface area contributed by atoms with Gasteiger partial charge >= 0.3 is 6.09 Å². The molecule has 4 atom stereocenters. The molecule has 0 unspecified atom stereocenters. The largest absolute Gasteiger partial charge is 0.453 e. The van der Waals surface area contributed by atoms with E-state index in [1.54, 1.807) is 28.4 Å². The number of nitrogens with one attached hydrogen (secondary N) is 4. The Kier molecular flexibility index (Phi) is 11.2. The van der Waals surface area contributed by atoms with Gasteiger partial charge in [0.2, 0.25) is 12.3 Å². The number of likely N-dealkylation sites (tertiary alicyclic amines) is 2. The molecule has 0 bridgehead atoms. The lowest BCUT2D eigenvalue weighted by molar-refractivity contribution is -0.136. The van der Waals surface area contributed by atoms with Gasteiger partial charge in [-0.25, -0.2) is 19.7 Å². The number of benzene rings is 3. The third kappa shape index (κ3) is 7.99. The number of pyridine rings is 2. The van der Waals surface area contributed by atoms with Crippen LogP contribution in [0.2, 0.25) is 0 Å². The van der Waals surface area contributed by atoms with Crippen LogP contribution in [0, 0.1) is 0 Å². The highest BCUT2D eigenvalue weighted by Gasteiger charge is 2.38. The molecule has 2 aliphatic rings. The minimum atomic E-state index is -0.898. The zero-order chi connectivity index (χ0) is 42.6. The third-order valence-electron chi connectivity index (χ3n) is 11.7. The van der Waals surface area contributed by atoms with Crippen LogP contribution in [0.25, 0.3) is 44.8 Å². The van der Waals surface area contributed by atoms with Crippen LogP contribution in [-0.4, -0.2) is 84.2 Å². The number of hydrogen-bond acceptors (Lipinski definition) is 9. The summed E-state index contributed by atoms with van der Waals surface area (Å²) in [5, 5.41) is 6.36. The number of carbonyl (C=O) groups is 4. The topological polar surface area (TPSA) is 191 Å². The second-order valence-corrected chi connectivity index (χ2v) is 15.4. The van der Waals surface area contributed by atoms with Crippen LogP contribution in [0.3, 0.4) is 0 Å². The molecule has 62 heavy (non-hydrogen) atoms. The molecule has 312 valence electrons. The maximum absolute atomic E-state index is 13.9. The standard InChI is InChI=1S/C47H44N10O5/c1-62-47(61)55-42(30-12-6-3-7-13-30)46(60)57-23-9-15-40(57)44-50-27-38(54-44)36-21-18-33(25-48-36)35-20-16-31-24-32(17-19-34(31)52-35)37-26-49-43(53-37)39-14-8-22-56(39)45(59)41(51-28-58)29-10-4-2-5-11-29/h2-7,10-13,16-21,24-28,39-42H,8-9,14-15,22-23H2,1H3,(H,49,53)(H,50,54)(H,51,58)(H,55,61)/t39-,40-,41+,42+/m0/s1. The number of ether oxygens (including phenoxy) is 1. The van der Waals surface area contributed by atoms with Gasteiger partial charge in [-0.2, -0.15) is 0 Å². The SMILES string of the molecule is COC(=O)N[C@@H](C(=O)N1CCC[C@H]1c1ncc(-c2ccc(-c3ccc4cc(-c5cnc([C@@H]6CCCN6C(=O)[C@H](NC=O)c6ccccc6)[nH]5)ccc4n3)cn2)[nH]1)c1ccccc1. The Hall–Kier alpha value is -7.68. The molecule has 2 saturated heterocycles. The van der Waals surface area contributed by atoms with Gasteiger partial charge in [-0.1, -0.05) is 72.8 Å². The van der Waals surface area contributed by atoms with E-state index in [9.17, 15) is 19.2 Å². The highest BCUT2D eigenvalue weighted by Crippen LogP contribution is 2.36. The van der Waals surface area contributed by atoms with Crippen molar-refractivity contribution in [1.29, 1.82) is 0 Å². The van der Waals surface area contributed by atoms with Crippen molar-refractivity contribution >= 4 is 35.2 Å². The average molecular weight is 829 g/mol. The van der Waals surface area contributed by atoms with Crippen molar-refractivity contribution in [2.24, 2.45) is 0 Å². The Labute approximate surface area is 357 Å². The van der Waals surface area contributed by atoms with Crippen molar-refractivity contribution < 1.29 is 23.9 Å². The molecule has 0 spiro atoms. The van der Waals surface area contributed by atoms with E-state index in [0.29, 0.717) is 42.4 Å². The predicted octanol–water partition coefficient (Wildman–Crippen LogP) is 6.99.